The van der Waals surface area contributed by atoms with Crippen molar-refractivity contribution >= 4 is 35.2 Å². The second-order valence-electron chi connectivity index (χ2n) is 7.42. The fourth-order valence-electron chi connectivity index (χ4n) is 2.66. The molecule has 0 saturated carbocycles. The van der Waals surface area contributed by atoms with Crippen LogP contribution in [-0.2, 0) is 4.74 Å². The van der Waals surface area contributed by atoms with Crippen molar-refractivity contribution in [3.8, 4) is 11.8 Å². The number of aromatic nitrogens is 6. The molecule has 16 nitrogen and oxygen atoms in total. The zero-order valence-corrected chi connectivity index (χ0v) is 26.2. The molecule has 4 aromatic rings. The Morgan fingerprint density at radius 3 is 1.54 bits per heavy atom. The van der Waals surface area contributed by atoms with E-state index in [1.54, 1.807) is 6.92 Å². The van der Waals surface area contributed by atoms with Gasteiger partial charge < -0.3 is 40.5 Å². The monoisotopic (exact) mass is 664 g/mol. The van der Waals surface area contributed by atoms with Gasteiger partial charge in [0, 0.05) is 31.1 Å². The van der Waals surface area contributed by atoms with Crippen molar-refractivity contribution in [2.45, 2.75) is 20.1 Å². The van der Waals surface area contributed by atoms with Crippen LogP contribution in [0.4, 0.5) is 40.8 Å². The van der Waals surface area contributed by atoms with Crippen LogP contribution >= 0.6 is 0 Å². The summed E-state index contributed by atoms with van der Waals surface area (Å²) in [6.07, 6.45) is 5.16. The van der Waals surface area contributed by atoms with Crippen LogP contribution in [0.2, 0.25) is 0 Å². The number of hydrogen-bond donors (Lipinski definition) is 4. The molecule has 0 atom stereocenters. The smallest absolute Gasteiger partial charge is 0.870 e. The molecular formula is C25H25F4N8NaO8. The molecule has 0 unspecified atom stereocenters. The topological polar surface area (TPSA) is 234 Å². The molecule has 0 aliphatic rings. The quantitative estimate of drug-likeness (QED) is 0.104. The molecule has 0 saturated heterocycles. The van der Waals surface area contributed by atoms with E-state index in [1.807, 2.05) is 0 Å². The molecule has 0 fully saturated rings. The SMILES string of the molecule is CCO.COC(=O)c1ccnc(Nc2ccc(OC(F)F)nc2)n1.O=C(O)c1ccnc(Nc2ccc(OC(F)F)nc2)n1.[Na+].[OH-]. The molecular weight excluding hydrogens is 639 g/mol. The summed E-state index contributed by atoms with van der Waals surface area (Å²) in [5.74, 6) is -2.03. The molecule has 46 heavy (non-hydrogen) atoms. The van der Waals surface area contributed by atoms with Crippen molar-refractivity contribution in [2.24, 2.45) is 0 Å². The molecule has 0 spiro atoms. The summed E-state index contributed by atoms with van der Waals surface area (Å²) in [4.78, 5) is 44.8. The number of halogens is 4. The number of aliphatic hydroxyl groups is 1. The van der Waals surface area contributed by atoms with Crippen LogP contribution < -0.4 is 49.7 Å². The van der Waals surface area contributed by atoms with Gasteiger partial charge in [0.15, 0.2) is 11.4 Å². The third kappa shape index (κ3) is 15.3. The van der Waals surface area contributed by atoms with Gasteiger partial charge in [0.1, 0.15) is 0 Å². The Labute approximate surface area is 279 Å². The normalized spacial score (nSPS) is 9.59. The number of ether oxygens (including phenoxy) is 3. The molecule has 0 bridgehead atoms. The maximum atomic E-state index is 12.0. The first-order valence-electron chi connectivity index (χ1n) is 12.0. The van der Waals surface area contributed by atoms with Gasteiger partial charge in [-0.05, 0) is 31.2 Å². The van der Waals surface area contributed by atoms with Crippen LogP contribution in [0.25, 0.3) is 0 Å². The molecule has 4 rings (SSSR count). The van der Waals surface area contributed by atoms with Gasteiger partial charge in [-0.25, -0.2) is 39.5 Å². The number of aliphatic hydroxyl groups excluding tert-OH is 1. The predicted octanol–water partition coefficient (Wildman–Crippen LogP) is 0.744. The fourth-order valence-corrected chi connectivity index (χ4v) is 2.66. The maximum Gasteiger partial charge on any atom is 1.00 e. The minimum Gasteiger partial charge on any atom is -0.870 e. The van der Waals surface area contributed by atoms with E-state index in [-0.39, 0.29) is 76.7 Å². The number of nitrogens with zero attached hydrogens (tertiary/aromatic N) is 6. The second kappa shape index (κ2) is 21.9. The maximum absolute atomic E-state index is 12.0. The van der Waals surface area contributed by atoms with Crippen molar-refractivity contribution in [3.63, 3.8) is 0 Å². The van der Waals surface area contributed by atoms with Gasteiger partial charge in [-0.2, -0.15) is 17.6 Å². The summed E-state index contributed by atoms with van der Waals surface area (Å²) in [7, 11) is 1.24. The van der Waals surface area contributed by atoms with Crippen LogP contribution in [0.15, 0.2) is 61.2 Å². The number of aromatic carboxylic acids is 1. The number of carbonyl (C=O) groups excluding carboxylic acids is 1. The zero-order chi connectivity index (χ0) is 32.5. The van der Waals surface area contributed by atoms with Gasteiger partial charge >= 0.3 is 54.7 Å². The standard InChI is InChI=1S/C12H10F2N4O3.C11H8F2N4O3.C2H6O.Na.H2O/c1-20-10(19)8-4-5-15-12(18-8)17-7-2-3-9(16-6-7)21-11(13)14;12-10(13)20-8-2-1-6(5-15-8)16-11-14-4-3-7(17-11)9(18)19;1-2-3;;/h2-6,11H,1H3,(H,15,17,18);1-5,10H,(H,18,19)(H,14,16,17);3H,2H2,1H3;;1H2/q;;;+1;/p-1. The van der Waals surface area contributed by atoms with Crippen molar-refractivity contribution < 1.29 is 86.6 Å². The van der Waals surface area contributed by atoms with Crippen molar-refractivity contribution in [1.29, 1.82) is 0 Å². The van der Waals surface area contributed by atoms with Gasteiger partial charge in [-0.3, -0.25) is 0 Å². The minimum absolute atomic E-state index is 0. The van der Waals surface area contributed by atoms with E-state index in [0.717, 1.165) is 0 Å². The number of carbonyl (C=O) groups is 2. The summed E-state index contributed by atoms with van der Waals surface area (Å²) < 4.78 is 60.6. The van der Waals surface area contributed by atoms with Gasteiger partial charge in [0.05, 0.1) is 30.9 Å². The van der Waals surface area contributed by atoms with E-state index >= 15 is 0 Å². The second-order valence-corrected chi connectivity index (χ2v) is 7.42. The molecule has 242 valence electrons. The largest absolute Gasteiger partial charge is 1.00 e. The summed E-state index contributed by atoms with van der Waals surface area (Å²) in [5, 5.41) is 21.8. The zero-order valence-electron chi connectivity index (χ0n) is 24.2. The van der Waals surface area contributed by atoms with Crippen LogP contribution in [0.1, 0.15) is 27.9 Å². The molecule has 0 amide bonds. The van der Waals surface area contributed by atoms with E-state index in [4.69, 9.17) is 10.2 Å². The summed E-state index contributed by atoms with van der Waals surface area (Å²) in [6.45, 7) is -3.95. The molecule has 0 aromatic carbocycles. The Morgan fingerprint density at radius 1 is 0.783 bits per heavy atom. The summed E-state index contributed by atoms with van der Waals surface area (Å²) >= 11 is 0. The summed E-state index contributed by atoms with van der Waals surface area (Å²) in [6, 6.07) is 8.01. The molecule has 0 aliphatic heterocycles. The molecule has 0 radical (unpaired) electrons. The number of pyridine rings is 2. The number of alkyl halides is 4. The molecule has 0 aliphatic carbocycles. The fraction of sp³-hybridized carbons (Fsp3) is 0.200. The van der Waals surface area contributed by atoms with E-state index in [0.29, 0.717) is 11.4 Å². The number of carboxylic acids is 1. The average Bonchev–Trinajstić information content (AvgIpc) is 2.99. The average molecular weight is 665 g/mol. The number of esters is 1. The number of hydrogen-bond acceptors (Lipinski definition) is 15. The number of nitrogens with one attached hydrogen (secondary N) is 2. The predicted molar refractivity (Wildman–Crippen MR) is 145 cm³/mol. The molecule has 4 aromatic heterocycles. The molecule has 21 heteroatoms. The minimum atomic E-state index is -2.95. The van der Waals surface area contributed by atoms with Crippen LogP contribution in [0.5, 0.6) is 11.8 Å². The number of methoxy groups -OCH3 is 1. The first-order chi connectivity index (χ1) is 21.0. The third-order valence-electron chi connectivity index (χ3n) is 4.33. The number of anilines is 4. The van der Waals surface area contributed by atoms with Crippen LogP contribution in [0, 0.1) is 0 Å². The van der Waals surface area contributed by atoms with E-state index in [9.17, 15) is 27.2 Å². The van der Waals surface area contributed by atoms with Crippen molar-refractivity contribution in [1.82, 2.24) is 29.9 Å². The van der Waals surface area contributed by atoms with E-state index in [2.05, 4.69) is 54.7 Å². The first kappa shape index (κ1) is 41.2. The van der Waals surface area contributed by atoms with Gasteiger partial charge in [0.2, 0.25) is 23.7 Å². The van der Waals surface area contributed by atoms with Crippen molar-refractivity contribution in [2.75, 3.05) is 24.4 Å². The van der Waals surface area contributed by atoms with Crippen molar-refractivity contribution in [3.05, 3.63) is 72.6 Å². The number of rotatable bonds is 10. The van der Waals surface area contributed by atoms with Gasteiger partial charge in [-0.15, -0.1) is 0 Å². The van der Waals surface area contributed by atoms with E-state index < -0.39 is 25.2 Å². The third-order valence-corrected chi connectivity index (χ3v) is 4.33. The Bertz CT molecular complexity index is 1480. The summed E-state index contributed by atoms with van der Waals surface area (Å²) in [5.41, 5.74) is 0.751. The van der Waals surface area contributed by atoms with E-state index in [1.165, 1.54) is 68.3 Å². The Balaban J connectivity index is 0.000000780. The van der Waals surface area contributed by atoms with Gasteiger partial charge in [0.25, 0.3) is 0 Å². The van der Waals surface area contributed by atoms with Crippen LogP contribution in [0.3, 0.4) is 0 Å². The van der Waals surface area contributed by atoms with Gasteiger partial charge in [-0.1, -0.05) is 0 Å². The Kier molecular flexibility index (Phi) is 19.6. The Morgan fingerprint density at radius 2 is 1.20 bits per heavy atom. The first-order valence-corrected chi connectivity index (χ1v) is 12.0. The van der Waals surface area contributed by atoms with Crippen LogP contribution in [-0.4, -0.2) is 84.5 Å². The molecule has 5 N–H and O–H groups in total. The Hall–Kier alpha value is -4.76. The molecule has 4 heterocycles. The number of carboxylic acid groups (broad SMARTS) is 1.